The molecular formula is C10H16O. The first-order chi connectivity index (χ1) is 5.10. The molecule has 1 fully saturated rings. The van der Waals surface area contributed by atoms with Crippen molar-refractivity contribution >= 4 is 6.29 Å². The van der Waals surface area contributed by atoms with Crippen LogP contribution >= 0.6 is 0 Å². The summed E-state index contributed by atoms with van der Waals surface area (Å²) in [5.41, 5.74) is 1.52. The van der Waals surface area contributed by atoms with Crippen LogP contribution in [0.2, 0.25) is 0 Å². The average Bonchev–Trinajstić information content (AvgIpc) is 2.19. The minimum Gasteiger partial charge on any atom is -0.303 e. The summed E-state index contributed by atoms with van der Waals surface area (Å²) in [6.45, 7) is 8.36. The molecule has 1 rings (SSSR count). The molecular weight excluding hydrogens is 136 g/mol. The van der Waals surface area contributed by atoms with Gasteiger partial charge in [-0.2, -0.15) is 0 Å². The Morgan fingerprint density at radius 2 is 2.45 bits per heavy atom. The Balaban J connectivity index is 2.71. The molecule has 2 atom stereocenters. The van der Waals surface area contributed by atoms with Crippen molar-refractivity contribution in [1.29, 1.82) is 0 Å². The van der Waals surface area contributed by atoms with E-state index in [1.807, 2.05) is 0 Å². The van der Waals surface area contributed by atoms with Gasteiger partial charge >= 0.3 is 0 Å². The summed E-state index contributed by atoms with van der Waals surface area (Å²) in [6.07, 6.45) is 3.96. The lowest BCUT2D eigenvalue weighted by atomic mass is 9.78. The van der Waals surface area contributed by atoms with E-state index in [4.69, 9.17) is 0 Å². The molecule has 0 N–H and O–H groups in total. The van der Waals surface area contributed by atoms with E-state index in [1.165, 1.54) is 5.57 Å². The van der Waals surface area contributed by atoms with Crippen molar-refractivity contribution in [2.45, 2.75) is 33.1 Å². The van der Waals surface area contributed by atoms with Gasteiger partial charge in [-0.25, -0.2) is 0 Å². The summed E-state index contributed by atoms with van der Waals surface area (Å²) >= 11 is 0. The fourth-order valence-electron chi connectivity index (χ4n) is 1.84. The predicted molar refractivity (Wildman–Crippen MR) is 46.3 cm³/mol. The van der Waals surface area contributed by atoms with Crippen molar-refractivity contribution in [3.8, 4) is 0 Å². The van der Waals surface area contributed by atoms with Gasteiger partial charge in [0.2, 0.25) is 0 Å². The van der Waals surface area contributed by atoms with Crippen LogP contribution in [0.15, 0.2) is 12.2 Å². The summed E-state index contributed by atoms with van der Waals surface area (Å²) in [4.78, 5) is 10.4. The molecule has 0 radical (unpaired) electrons. The molecule has 1 aliphatic carbocycles. The van der Waals surface area contributed by atoms with E-state index in [2.05, 4.69) is 20.4 Å². The van der Waals surface area contributed by atoms with Gasteiger partial charge in [0.1, 0.15) is 6.29 Å². The van der Waals surface area contributed by atoms with Crippen molar-refractivity contribution < 1.29 is 4.79 Å². The Morgan fingerprint density at radius 3 is 2.82 bits per heavy atom. The minimum atomic E-state index is 0.207. The van der Waals surface area contributed by atoms with Gasteiger partial charge in [0, 0.05) is 6.42 Å². The van der Waals surface area contributed by atoms with Crippen molar-refractivity contribution in [2.75, 3.05) is 0 Å². The van der Waals surface area contributed by atoms with Crippen molar-refractivity contribution in [2.24, 2.45) is 11.3 Å². The van der Waals surface area contributed by atoms with Crippen LogP contribution in [0.3, 0.4) is 0 Å². The molecule has 62 valence electrons. The Morgan fingerprint density at radius 1 is 1.82 bits per heavy atom. The molecule has 0 amide bonds. The molecule has 1 nitrogen and oxygen atoms in total. The molecule has 0 aliphatic heterocycles. The third kappa shape index (κ3) is 1.37. The van der Waals surface area contributed by atoms with Crippen molar-refractivity contribution in [3.63, 3.8) is 0 Å². The zero-order valence-corrected chi connectivity index (χ0v) is 7.39. The third-order valence-corrected chi connectivity index (χ3v) is 3.22. The topological polar surface area (TPSA) is 17.1 Å². The van der Waals surface area contributed by atoms with Crippen LogP contribution in [0, 0.1) is 11.3 Å². The number of carbonyl (C=O) groups excluding carboxylic acids is 1. The predicted octanol–water partition coefficient (Wildman–Crippen LogP) is 2.57. The molecule has 1 aliphatic rings. The SMILES string of the molecule is C=C1CC[C@@](C)(CC=O)[C@H]1C. The fraction of sp³-hybridized carbons (Fsp3) is 0.700. The molecule has 1 saturated carbocycles. The van der Waals surface area contributed by atoms with E-state index < -0.39 is 0 Å². The summed E-state index contributed by atoms with van der Waals surface area (Å²) < 4.78 is 0. The zero-order valence-electron chi connectivity index (χ0n) is 7.39. The molecule has 0 bridgehead atoms. The normalized spacial score (nSPS) is 37.6. The quantitative estimate of drug-likeness (QED) is 0.439. The monoisotopic (exact) mass is 152 g/mol. The van der Waals surface area contributed by atoms with Gasteiger partial charge in [-0.05, 0) is 24.2 Å². The lowest BCUT2D eigenvalue weighted by Crippen LogP contribution is -2.20. The van der Waals surface area contributed by atoms with Gasteiger partial charge in [0.15, 0.2) is 0 Å². The summed E-state index contributed by atoms with van der Waals surface area (Å²) in [5, 5.41) is 0. The highest BCUT2D eigenvalue weighted by molar-refractivity contribution is 5.51. The second kappa shape index (κ2) is 2.80. The van der Waals surface area contributed by atoms with E-state index in [0.29, 0.717) is 12.3 Å². The maximum atomic E-state index is 10.4. The number of aldehydes is 1. The summed E-state index contributed by atoms with van der Waals surface area (Å²) in [5.74, 6) is 0.521. The first kappa shape index (κ1) is 8.51. The van der Waals surface area contributed by atoms with Crippen LogP contribution < -0.4 is 0 Å². The second-order valence-electron chi connectivity index (χ2n) is 3.90. The summed E-state index contributed by atoms with van der Waals surface area (Å²) in [6, 6.07) is 0. The number of carbonyl (C=O) groups is 1. The van der Waals surface area contributed by atoms with Crippen molar-refractivity contribution in [1.82, 2.24) is 0 Å². The number of hydrogen-bond donors (Lipinski definition) is 0. The Hall–Kier alpha value is -0.590. The van der Waals surface area contributed by atoms with Gasteiger partial charge < -0.3 is 4.79 Å². The van der Waals surface area contributed by atoms with Crippen LogP contribution in [0.1, 0.15) is 33.1 Å². The number of allylic oxidation sites excluding steroid dienone is 1. The highest BCUT2D eigenvalue weighted by atomic mass is 16.1. The number of hydrogen-bond acceptors (Lipinski definition) is 1. The molecule has 0 unspecified atom stereocenters. The van der Waals surface area contributed by atoms with Gasteiger partial charge in [0.25, 0.3) is 0 Å². The van der Waals surface area contributed by atoms with Gasteiger partial charge in [0.05, 0.1) is 0 Å². The highest BCUT2D eigenvalue weighted by Crippen LogP contribution is 2.47. The smallest absolute Gasteiger partial charge is 0.120 e. The molecule has 11 heavy (non-hydrogen) atoms. The first-order valence-electron chi connectivity index (χ1n) is 4.21. The molecule has 0 spiro atoms. The third-order valence-electron chi connectivity index (χ3n) is 3.22. The zero-order chi connectivity index (χ0) is 8.48. The maximum absolute atomic E-state index is 10.4. The van der Waals surface area contributed by atoms with Gasteiger partial charge in [-0.3, -0.25) is 0 Å². The largest absolute Gasteiger partial charge is 0.303 e. The van der Waals surface area contributed by atoms with Crippen LogP contribution in [0.4, 0.5) is 0 Å². The van der Waals surface area contributed by atoms with E-state index in [0.717, 1.165) is 19.1 Å². The van der Waals surface area contributed by atoms with E-state index in [-0.39, 0.29) is 5.41 Å². The molecule has 0 aromatic heterocycles. The van der Waals surface area contributed by atoms with Crippen LogP contribution in [-0.2, 0) is 4.79 Å². The molecule has 0 saturated heterocycles. The van der Waals surface area contributed by atoms with Gasteiger partial charge in [-0.1, -0.05) is 26.0 Å². The Kier molecular flexibility index (Phi) is 2.17. The Labute approximate surface area is 68.5 Å². The lowest BCUT2D eigenvalue weighted by molar-refractivity contribution is -0.110. The van der Waals surface area contributed by atoms with E-state index >= 15 is 0 Å². The van der Waals surface area contributed by atoms with Crippen molar-refractivity contribution in [3.05, 3.63) is 12.2 Å². The number of rotatable bonds is 2. The Bertz CT molecular complexity index is 183. The molecule has 0 heterocycles. The standard InChI is InChI=1S/C10H16O/c1-8-4-5-10(3,6-7-11)9(8)2/h7,9H,1,4-6H2,2-3H3/t9-,10-/m0/s1. The average molecular weight is 152 g/mol. The highest BCUT2D eigenvalue weighted by Gasteiger charge is 2.37. The molecule has 0 aromatic rings. The molecule has 0 aromatic carbocycles. The molecule has 1 heteroatoms. The van der Waals surface area contributed by atoms with Crippen LogP contribution in [-0.4, -0.2) is 6.29 Å². The summed E-state index contributed by atoms with van der Waals surface area (Å²) in [7, 11) is 0. The fourth-order valence-corrected chi connectivity index (χ4v) is 1.84. The van der Waals surface area contributed by atoms with E-state index in [9.17, 15) is 4.79 Å². The van der Waals surface area contributed by atoms with Gasteiger partial charge in [-0.15, -0.1) is 0 Å². The minimum absolute atomic E-state index is 0.207. The van der Waals surface area contributed by atoms with E-state index in [1.54, 1.807) is 0 Å². The van der Waals surface area contributed by atoms with Crippen LogP contribution in [0.5, 0.6) is 0 Å². The first-order valence-corrected chi connectivity index (χ1v) is 4.21. The lowest BCUT2D eigenvalue weighted by Gasteiger charge is -2.26. The maximum Gasteiger partial charge on any atom is 0.120 e. The second-order valence-corrected chi connectivity index (χ2v) is 3.90. The van der Waals surface area contributed by atoms with Crippen LogP contribution in [0.25, 0.3) is 0 Å².